The molecule has 1 atom stereocenters. The van der Waals surface area contributed by atoms with Crippen LogP contribution in [0.15, 0.2) is 60.8 Å². The molecule has 0 radical (unpaired) electrons. The highest BCUT2D eigenvalue weighted by Gasteiger charge is 2.36. The summed E-state index contributed by atoms with van der Waals surface area (Å²) in [5, 5.41) is 12.2. The number of rotatable bonds is 9. The number of nitrogens with zero attached hydrogens (tertiary/aromatic N) is 1. The summed E-state index contributed by atoms with van der Waals surface area (Å²) < 4.78 is 21.4. The first-order valence-corrected chi connectivity index (χ1v) is 10.3. The van der Waals surface area contributed by atoms with Crippen molar-refractivity contribution < 1.29 is 28.8 Å². The average molecular weight is 458 g/mol. The normalized spacial score (nSPS) is 12.5. The molecule has 2 aromatic carbocycles. The second-order valence-electron chi connectivity index (χ2n) is 6.85. The summed E-state index contributed by atoms with van der Waals surface area (Å²) in [4.78, 5) is 16.6. The van der Waals surface area contributed by atoms with Crippen LogP contribution < -0.4 is 14.2 Å². The Morgan fingerprint density at radius 1 is 1.00 bits per heavy atom. The fraction of sp³-hybridized carbons (Fsp3) is 0.250. The molecule has 0 bridgehead atoms. The lowest BCUT2D eigenvalue weighted by Gasteiger charge is -2.29. The SMILES string of the molecule is CCOC(=O)CC(O)(c1ccc(Oc2ccc(Cl)cc2)nc1)c1ccc(OC)c(OC)c1. The Morgan fingerprint density at radius 3 is 2.28 bits per heavy atom. The molecule has 1 unspecified atom stereocenters. The van der Waals surface area contributed by atoms with E-state index in [9.17, 15) is 9.90 Å². The second-order valence-corrected chi connectivity index (χ2v) is 7.29. The van der Waals surface area contributed by atoms with Crippen LogP contribution in [-0.2, 0) is 15.1 Å². The summed E-state index contributed by atoms with van der Waals surface area (Å²) >= 11 is 5.89. The lowest BCUT2D eigenvalue weighted by molar-refractivity contribution is -0.147. The Morgan fingerprint density at radius 2 is 1.69 bits per heavy atom. The summed E-state index contributed by atoms with van der Waals surface area (Å²) in [5.41, 5.74) is -0.893. The minimum absolute atomic E-state index is 0.201. The maximum absolute atomic E-state index is 12.3. The second kappa shape index (κ2) is 10.3. The molecule has 8 heteroatoms. The molecular weight excluding hydrogens is 434 g/mol. The van der Waals surface area contributed by atoms with Gasteiger partial charge in [0.2, 0.25) is 5.88 Å². The molecule has 7 nitrogen and oxygen atoms in total. The van der Waals surface area contributed by atoms with E-state index >= 15 is 0 Å². The van der Waals surface area contributed by atoms with Crippen molar-refractivity contribution >= 4 is 17.6 Å². The number of carbonyl (C=O) groups excluding carboxylic acids is 1. The summed E-state index contributed by atoms with van der Waals surface area (Å²) in [6.07, 6.45) is 1.15. The van der Waals surface area contributed by atoms with Crippen molar-refractivity contribution in [1.29, 1.82) is 0 Å². The molecule has 0 saturated carbocycles. The first kappa shape index (κ1) is 23.4. The molecule has 0 aliphatic rings. The molecule has 1 heterocycles. The van der Waals surface area contributed by atoms with Crippen molar-refractivity contribution in [3.05, 3.63) is 76.9 Å². The zero-order valence-corrected chi connectivity index (χ0v) is 18.8. The molecular formula is C24H24ClNO6. The van der Waals surface area contributed by atoms with E-state index in [4.69, 9.17) is 30.5 Å². The van der Waals surface area contributed by atoms with Gasteiger partial charge < -0.3 is 24.1 Å². The van der Waals surface area contributed by atoms with Gasteiger partial charge in [0.25, 0.3) is 0 Å². The van der Waals surface area contributed by atoms with Crippen molar-refractivity contribution in [2.45, 2.75) is 18.9 Å². The summed E-state index contributed by atoms with van der Waals surface area (Å²) in [6.45, 7) is 1.91. The van der Waals surface area contributed by atoms with Gasteiger partial charge >= 0.3 is 5.97 Å². The molecule has 32 heavy (non-hydrogen) atoms. The minimum Gasteiger partial charge on any atom is -0.493 e. The smallest absolute Gasteiger partial charge is 0.309 e. The number of carbonyl (C=O) groups is 1. The van der Waals surface area contributed by atoms with Crippen LogP contribution >= 0.6 is 11.6 Å². The molecule has 1 N–H and O–H groups in total. The number of methoxy groups -OCH3 is 2. The highest BCUT2D eigenvalue weighted by Crippen LogP contribution is 2.38. The van der Waals surface area contributed by atoms with Crippen LogP contribution in [0.2, 0.25) is 5.02 Å². The predicted octanol–water partition coefficient (Wildman–Crippen LogP) is 4.73. The van der Waals surface area contributed by atoms with Gasteiger partial charge in [-0.15, -0.1) is 0 Å². The maximum Gasteiger partial charge on any atom is 0.309 e. The van der Waals surface area contributed by atoms with Gasteiger partial charge in [-0.2, -0.15) is 0 Å². The molecule has 1 aromatic heterocycles. The lowest BCUT2D eigenvalue weighted by atomic mass is 9.84. The van der Waals surface area contributed by atoms with Crippen molar-refractivity contribution in [2.24, 2.45) is 0 Å². The molecule has 0 spiro atoms. The first-order valence-electron chi connectivity index (χ1n) is 9.90. The summed E-state index contributed by atoms with van der Waals surface area (Å²) in [6, 6.07) is 15.1. The number of aliphatic hydroxyl groups is 1. The maximum atomic E-state index is 12.3. The van der Waals surface area contributed by atoms with Gasteiger partial charge in [0.1, 0.15) is 11.4 Å². The van der Waals surface area contributed by atoms with Gasteiger partial charge in [-0.3, -0.25) is 4.79 Å². The van der Waals surface area contributed by atoms with Gasteiger partial charge in [0.15, 0.2) is 11.5 Å². The number of halogens is 1. The molecule has 0 aliphatic heterocycles. The van der Waals surface area contributed by atoms with Crippen molar-refractivity contribution in [3.63, 3.8) is 0 Å². The van der Waals surface area contributed by atoms with Crippen LogP contribution in [0.3, 0.4) is 0 Å². The van der Waals surface area contributed by atoms with Crippen LogP contribution in [0.1, 0.15) is 24.5 Å². The van der Waals surface area contributed by atoms with E-state index in [1.807, 2.05) is 0 Å². The first-order chi connectivity index (χ1) is 15.4. The van der Waals surface area contributed by atoms with Gasteiger partial charge in [0.05, 0.1) is 27.2 Å². The summed E-state index contributed by atoms with van der Waals surface area (Å²) in [7, 11) is 3.02. The fourth-order valence-electron chi connectivity index (χ4n) is 3.19. The van der Waals surface area contributed by atoms with Crippen LogP contribution in [0.25, 0.3) is 0 Å². The molecule has 0 aliphatic carbocycles. The van der Waals surface area contributed by atoms with Gasteiger partial charge in [-0.25, -0.2) is 4.98 Å². The largest absolute Gasteiger partial charge is 0.493 e. The quantitative estimate of drug-likeness (QED) is 0.464. The number of hydrogen-bond donors (Lipinski definition) is 1. The number of aromatic nitrogens is 1. The van der Waals surface area contributed by atoms with E-state index in [1.165, 1.54) is 20.4 Å². The van der Waals surface area contributed by atoms with Crippen LogP contribution in [0, 0.1) is 0 Å². The Balaban J connectivity index is 1.96. The average Bonchev–Trinajstić information content (AvgIpc) is 2.80. The number of esters is 1. The van der Waals surface area contributed by atoms with Gasteiger partial charge in [-0.1, -0.05) is 17.7 Å². The topological polar surface area (TPSA) is 87.1 Å². The van der Waals surface area contributed by atoms with Crippen LogP contribution in [0.4, 0.5) is 0 Å². The highest BCUT2D eigenvalue weighted by atomic mass is 35.5. The van der Waals surface area contributed by atoms with Crippen LogP contribution in [-0.4, -0.2) is 36.9 Å². The van der Waals surface area contributed by atoms with Crippen molar-refractivity contribution in [3.8, 4) is 23.1 Å². The lowest BCUT2D eigenvalue weighted by Crippen LogP contribution is -2.31. The van der Waals surface area contributed by atoms with E-state index < -0.39 is 11.6 Å². The molecule has 168 valence electrons. The predicted molar refractivity (Wildman–Crippen MR) is 120 cm³/mol. The number of hydrogen-bond acceptors (Lipinski definition) is 7. The number of benzene rings is 2. The fourth-order valence-corrected chi connectivity index (χ4v) is 3.32. The van der Waals surface area contributed by atoms with Gasteiger partial charge in [0, 0.05) is 22.8 Å². The third-order valence-corrected chi connectivity index (χ3v) is 5.07. The molecule has 0 fully saturated rings. The molecule has 3 aromatic rings. The van der Waals surface area contributed by atoms with E-state index in [2.05, 4.69) is 4.98 Å². The standard InChI is InChI=1S/C24H24ClNO6/c1-4-31-23(27)14-24(28,16-5-11-20(29-2)21(13-16)30-3)17-6-12-22(26-15-17)32-19-9-7-18(25)8-10-19/h5-13,15,28H,4,14H2,1-3H3. The third-order valence-electron chi connectivity index (χ3n) is 4.82. The van der Waals surface area contributed by atoms with E-state index in [0.29, 0.717) is 39.3 Å². The Labute approximate surface area is 191 Å². The Bertz CT molecular complexity index is 1060. The van der Waals surface area contributed by atoms with E-state index in [0.717, 1.165) is 0 Å². The number of ether oxygens (including phenoxy) is 4. The molecule has 0 amide bonds. The third kappa shape index (κ3) is 5.30. The Hall–Kier alpha value is -3.29. The van der Waals surface area contributed by atoms with Gasteiger partial charge in [-0.05, 0) is 55.0 Å². The number of pyridine rings is 1. The van der Waals surface area contributed by atoms with Crippen molar-refractivity contribution in [2.75, 3.05) is 20.8 Å². The van der Waals surface area contributed by atoms with Crippen LogP contribution in [0.5, 0.6) is 23.1 Å². The molecule has 0 saturated heterocycles. The Kier molecular flexibility index (Phi) is 7.56. The molecule has 3 rings (SSSR count). The van der Waals surface area contributed by atoms with E-state index in [-0.39, 0.29) is 13.0 Å². The zero-order chi connectivity index (χ0) is 23.1. The zero-order valence-electron chi connectivity index (χ0n) is 18.0. The summed E-state index contributed by atoms with van der Waals surface area (Å²) in [5.74, 6) is 1.26. The highest BCUT2D eigenvalue weighted by molar-refractivity contribution is 6.30. The van der Waals surface area contributed by atoms with Crippen molar-refractivity contribution in [1.82, 2.24) is 4.98 Å². The monoisotopic (exact) mass is 457 g/mol. The minimum atomic E-state index is -1.71. The van der Waals surface area contributed by atoms with E-state index in [1.54, 1.807) is 61.5 Å².